The lowest BCUT2D eigenvalue weighted by Gasteiger charge is -2.06. The fourth-order valence-corrected chi connectivity index (χ4v) is 2.19. The highest BCUT2D eigenvalue weighted by atomic mass is 79.9. The van der Waals surface area contributed by atoms with Crippen molar-refractivity contribution >= 4 is 45.1 Å². The second-order valence-corrected chi connectivity index (χ2v) is 5.20. The first-order valence-electron chi connectivity index (χ1n) is 4.99. The minimum Gasteiger partial charge on any atom is -0.422 e. The predicted octanol–water partition coefficient (Wildman–Crippen LogP) is 4.98. The molecule has 5 heteroatoms. The summed E-state index contributed by atoms with van der Waals surface area (Å²) in [4.78, 5) is 11.8. The summed E-state index contributed by atoms with van der Waals surface area (Å²) in [5, 5.41) is 1.13. The van der Waals surface area contributed by atoms with E-state index in [9.17, 15) is 4.79 Å². The molecule has 0 spiro atoms. The maximum absolute atomic E-state index is 11.8. The predicted molar refractivity (Wildman–Crippen MR) is 75.6 cm³/mol. The molecule has 0 aliphatic carbocycles. The third kappa shape index (κ3) is 3.25. The largest absolute Gasteiger partial charge is 0.422 e. The average molecular weight is 346 g/mol. The Kier molecular flexibility index (Phi) is 4.27. The highest BCUT2D eigenvalue weighted by Gasteiger charge is 2.10. The molecule has 18 heavy (non-hydrogen) atoms. The summed E-state index contributed by atoms with van der Waals surface area (Å²) in [6.07, 6.45) is 0. The van der Waals surface area contributed by atoms with Crippen molar-refractivity contribution in [2.75, 3.05) is 0 Å². The number of benzene rings is 2. The third-order valence-corrected chi connectivity index (χ3v) is 3.28. The first-order chi connectivity index (χ1) is 8.56. The third-order valence-electron chi connectivity index (χ3n) is 2.18. The zero-order valence-electron chi connectivity index (χ0n) is 8.99. The van der Waals surface area contributed by atoms with E-state index in [4.69, 9.17) is 27.9 Å². The molecule has 2 rings (SSSR count). The van der Waals surface area contributed by atoms with E-state index in [0.717, 1.165) is 0 Å². The number of carbonyl (C=O) groups excluding carboxylic acids is 1. The first-order valence-corrected chi connectivity index (χ1v) is 6.54. The van der Waals surface area contributed by atoms with Crippen molar-refractivity contribution in [2.24, 2.45) is 0 Å². The molecule has 0 aliphatic rings. The molecule has 0 bridgehead atoms. The van der Waals surface area contributed by atoms with Crippen molar-refractivity contribution in [3.63, 3.8) is 0 Å². The van der Waals surface area contributed by atoms with Crippen LogP contribution in [0.25, 0.3) is 0 Å². The molecular formula is C13H7BrCl2O2. The molecule has 0 heterocycles. The van der Waals surface area contributed by atoms with Crippen LogP contribution in [0.3, 0.4) is 0 Å². The number of hydrogen-bond donors (Lipinski definition) is 0. The number of hydrogen-bond acceptors (Lipinski definition) is 2. The van der Waals surface area contributed by atoms with Gasteiger partial charge >= 0.3 is 5.97 Å². The van der Waals surface area contributed by atoms with Gasteiger partial charge in [0.25, 0.3) is 0 Å². The van der Waals surface area contributed by atoms with Crippen molar-refractivity contribution in [3.8, 4) is 5.75 Å². The normalized spacial score (nSPS) is 10.2. The van der Waals surface area contributed by atoms with Gasteiger partial charge < -0.3 is 4.74 Å². The van der Waals surface area contributed by atoms with Gasteiger partial charge in [-0.3, -0.25) is 0 Å². The molecule has 2 aromatic carbocycles. The van der Waals surface area contributed by atoms with Gasteiger partial charge in [-0.05, 0) is 58.4 Å². The molecule has 0 saturated heterocycles. The van der Waals surface area contributed by atoms with Crippen LogP contribution in [0.5, 0.6) is 5.75 Å². The van der Waals surface area contributed by atoms with E-state index in [1.807, 2.05) is 0 Å². The summed E-state index contributed by atoms with van der Waals surface area (Å²) < 4.78 is 5.86. The monoisotopic (exact) mass is 344 g/mol. The minimum absolute atomic E-state index is 0.416. The van der Waals surface area contributed by atoms with Crippen LogP contribution in [0, 0.1) is 0 Å². The summed E-state index contributed by atoms with van der Waals surface area (Å²) >= 11 is 14.8. The zero-order chi connectivity index (χ0) is 13.1. The van der Waals surface area contributed by atoms with Crippen molar-refractivity contribution in [3.05, 3.63) is 62.5 Å². The summed E-state index contributed by atoms with van der Waals surface area (Å²) in [5.74, 6) is -0.0333. The van der Waals surface area contributed by atoms with Gasteiger partial charge in [0.15, 0.2) is 0 Å². The maximum Gasteiger partial charge on any atom is 0.343 e. The Balaban J connectivity index is 2.18. The lowest BCUT2D eigenvalue weighted by Crippen LogP contribution is -2.08. The van der Waals surface area contributed by atoms with Crippen LogP contribution < -0.4 is 4.74 Å². The molecule has 0 saturated carbocycles. The SMILES string of the molecule is O=C(Oc1ccc(Cl)cc1Br)c1ccc(Cl)cc1. The Bertz CT molecular complexity index is 582. The van der Waals surface area contributed by atoms with Crippen LogP contribution >= 0.6 is 39.1 Å². The van der Waals surface area contributed by atoms with Gasteiger partial charge in [0.1, 0.15) is 5.75 Å². The quantitative estimate of drug-likeness (QED) is 0.567. The Morgan fingerprint density at radius 1 is 1.00 bits per heavy atom. The van der Waals surface area contributed by atoms with Crippen molar-refractivity contribution < 1.29 is 9.53 Å². The molecule has 0 N–H and O–H groups in total. The standard InChI is InChI=1S/C13H7BrCl2O2/c14-11-7-10(16)5-6-12(11)18-13(17)8-1-3-9(15)4-2-8/h1-7H. The van der Waals surface area contributed by atoms with Crippen LogP contribution in [0.1, 0.15) is 10.4 Å². The van der Waals surface area contributed by atoms with Gasteiger partial charge in [0, 0.05) is 10.0 Å². The second kappa shape index (κ2) is 5.74. The van der Waals surface area contributed by atoms with Gasteiger partial charge in [0.2, 0.25) is 0 Å². The molecular weight excluding hydrogens is 339 g/mol. The van der Waals surface area contributed by atoms with E-state index in [1.54, 1.807) is 42.5 Å². The first kappa shape index (κ1) is 13.4. The topological polar surface area (TPSA) is 26.3 Å². The van der Waals surface area contributed by atoms with Crippen LogP contribution in [-0.4, -0.2) is 5.97 Å². The van der Waals surface area contributed by atoms with Crippen molar-refractivity contribution in [2.45, 2.75) is 0 Å². The maximum atomic E-state index is 11.8. The fraction of sp³-hybridized carbons (Fsp3) is 0. The molecule has 0 amide bonds. The second-order valence-electron chi connectivity index (χ2n) is 3.47. The van der Waals surface area contributed by atoms with Crippen LogP contribution in [0.2, 0.25) is 10.0 Å². The van der Waals surface area contributed by atoms with Gasteiger partial charge in [-0.2, -0.15) is 0 Å². The molecule has 0 atom stereocenters. The van der Waals surface area contributed by atoms with Gasteiger partial charge in [0.05, 0.1) is 10.0 Å². The van der Waals surface area contributed by atoms with Crippen LogP contribution in [0.4, 0.5) is 0 Å². The fourth-order valence-electron chi connectivity index (χ4n) is 1.30. The van der Waals surface area contributed by atoms with Gasteiger partial charge in [-0.1, -0.05) is 23.2 Å². The Morgan fingerprint density at radius 2 is 1.61 bits per heavy atom. The lowest BCUT2D eigenvalue weighted by molar-refractivity contribution is 0.0733. The van der Waals surface area contributed by atoms with E-state index in [-0.39, 0.29) is 0 Å². The van der Waals surface area contributed by atoms with Crippen LogP contribution in [0.15, 0.2) is 46.9 Å². The van der Waals surface area contributed by atoms with E-state index >= 15 is 0 Å². The molecule has 0 fully saturated rings. The highest BCUT2D eigenvalue weighted by Crippen LogP contribution is 2.28. The molecule has 0 aromatic heterocycles. The number of rotatable bonds is 2. The summed E-state index contributed by atoms with van der Waals surface area (Å²) in [6, 6.07) is 11.4. The molecule has 2 nitrogen and oxygen atoms in total. The van der Waals surface area contributed by atoms with Crippen molar-refractivity contribution in [1.82, 2.24) is 0 Å². The van der Waals surface area contributed by atoms with E-state index in [0.29, 0.717) is 25.8 Å². The molecule has 92 valence electrons. The van der Waals surface area contributed by atoms with Gasteiger partial charge in [-0.25, -0.2) is 4.79 Å². The summed E-state index contributed by atoms with van der Waals surface area (Å²) in [7, 11) is 0. The molecule has 0 aliphatic heterocycles. The zero-order valence-corrected chi connectivity index (χ0v) is 12.1. The van der Waals surface area contributed by atoms with Crippen molar-refractivity contribution in [1.29, 1.82) is 0 Å². The number of ether oxygens (including phenoxy) is 1. The minimum atomic E-state index is -0.449. The van der Waals surface area contributed by atoms with E-state index in [2.05, 4.69) is 15.9 Å². The number of halogens is 3. The summed E-state index contributed by atoms with van der Waals surface area (Å²) in [6.45, 7) is 0. The lowest BCUT2D eigenvalue weighted by atomic mass is 10.2. The molecule has 2 aromatic rings. The molecule has 0 unspecified atom stereocenters. The van der Waals surface area contributed by atoms with E-state index in [1.165, 1.54) is 0 Å². The summed E-state index contributed by atoms with van der Waals surface area (Å²) in [5.41, 5.74) is 0.432. The number of carbonyl (C=O) groups is 1. The Labute approximate surface area is 123 Å². The smallest absolute Gasteiger partial charge is 0.343 e. The van der Waals surface area contributed by atoms with Crippen LogP contribution in [-0.2, 0) is 0 Å². The highest BCUT2D eigenvalue weighted by molar-refractivity contribution is 9.10. The Hall–Kier alpha value is -1.03. The number of esters is 1. The molecule has 0 radical (unpaired) electrons. The average Bonchev–Trinajstić information content (AvgIpc) is 2.33. The van der Waals surface area contributed by atoms with Gasteiger partial charge in [-0.15, -0.1) is 0 Å². The van der Waals surface area contributed by atoms with E-state index < -0.39 is 5.97 Å². The Morgan fingerprint density at radius 3 is 2.22 bits per heavy atom.